The van der Waals surface area contributed by atoms with Crippen molar-refractivity contribution in [2.24, 2.45) is 11.1 Å². The fourth-order valence-electron chi connectivity index (χ4n) is 2.33. The van der Waals surface area contributed by atoms with Crippen LogP contribution in [-0.4, -0.2) is 36.9 Å². The quantitative estimate of drug-likeness (QED) is 0.742. The Kier molecular flexibility index (Phi) is 5.18. The third-order valence-electron chi connectivity index (χ3n) is 4.29. The maximum Gasteiger partial charge on any atom is 0.233 e. The van der Waals surface area contributed by atoms with Gasteiger partial charge in [-0.3, -0.25) is 4.79 Å². The lowest BCUT2D eigenvalue weighted by Crippen LogP contribution is -2.53. The molecule has 3 N–H and O–H groups in total. The second-order valence-corrected chi connectivity index (χ2v) is 9.31. The van der Waals surface area contributed by atoms with E-state index >= 15 is 0 Å². The molecule has 1 fully saturated rings. The zero-order chi connectivity index (χ0) is 15.6. The Bertz CT molecular complexity index is 492. The molecular weight excluding hydrogens is 296 g/mol. The summed E-state index contributed by atoms with van der Waals surface area (Å²) in [4.78, 5) is 12.7. The van der Waals surface area contributed by atoms with Crippen molar-refractivity contribution >= 4 is 33.0 Å². The zero-order valence-corrected chi connectivity index (χ0v) is 14.0. The Morgan fingerprint density at radius 3 is 2.20 bits per heavy atom. The van der Waals surface area contributed by atoms with Crippen LogP contribution in [0.5, 0.6) is 0 Å². The van der Waals surface area contributed by atoms with Gasteiger partial charge in [0.1, 0.15) is 0 Å². The summed E-state index contributed by atoms with van der Waals surface area (Å²) in [6.07, 6.45) is 5.37. The molecule has 7 heteroatoms. The number of carbonyl (C=O) groups is 1. The molecule has 20 heavy (non-hydrogen) atoms. The third-order valence-corrected chi connectivity index (χ3v) is 6.83. The van der Waals surface area contributed by atoms with Crippen LogP contribution in [0.3, 0.4) is 0 Å². The average molecular weight is 320 g/mol. The van der Waals surface area contributed by atoms with Gasteiger partial charge in [-0.05, 0) is 26.7 Å². The van der Waals surface area contributed by atoms with Crippen molar-refractivity contribution in [3.05, 3.63) is 0 Å². The number of sulfone groups is 1. The summed E-state index contributed by atoms with van der Waals surface area (Å²) < 4.78 is 22.3. The minimum Gasteiger partial charge on any atom is -0.392 e. The number of nitrogens with two attached hydrogens (primary N) is 1. The van der Waals surface area contributed by atoms with Gasteiger partial charge in [-0.25, -0.2) is 8.42 Å². The molecule has 1 aliphatic carbocycles. The average Bonchev–Trinajstić information content (AvgIpc) is 2.35. The van der Waals surface area contributed by atoms with E-state index in [1.165, 1.54) is 6.26 Å². The number of nitrogens with one attached hydrogen (secondary N) is 1. The first kappa shape index (κ1) is 17.4. The summed E-state index contributed by atoms with van der Waals surface area (Å²) in [7, 11) is -3.25. The third kappa shape index (κ3) is 3.49. The molecule has 5 nitrogen and oxygen atoms in total. The summed E-state index contributed by atoms with van der Waals surface area (Å²) >= 11 is 5.08. The number of hydrogen-bond donors (Lipinski definition) is 2. The number of carbonyl (C=O) groups excluding carboxylic acids is 1. The largest absolute Gasteiger partial charge is 0.392 e. The predicted molar refractivity (Wildman–Crippen MR) is 84.2 cm³/mol. The normalized spacial score (nSPS) is 19.4. The van der Waals surface area contributed by atoms with E-state index in [2.05, 4.69) is 5.32 Å². The van der Waals surface area contributed by atoms with Crippen LogP contribution in [0.1, 0.15) is 46.0 Å². The van der Waals surface area contributed by atoms with Crippen molar-refractivity contribution in [1.29, 1.82) is 0 Å². The summed E-state index contributed by atoms with van der Waals surface area (Å²) in [6, 6.07) is 0. The number of rotatable bonds is 5. The van der Waals surface area contributed by atoms with Crippen molar-refractivity contribution in [2.45, 2.75) is 50.7 Å². The molecule has 1 aliphatic rings. The minimum atomic E-state index is -3.25. The lowest BCUT2D eigenvalue weighted by atomic mass is 9.73. The SMILES string of the molecule is CC(C)(CNC(=O)C1(C(N)=S)CCCCC1)S(C)(=O)=O. The van der Waals surface area contributed by atoms with Gasteiger partial charge in [0.05, 0.1) is 15.2 Å². The fraction of sp³-hybridized carbons (Fsp3) is 0.846. The van der Waals surface area contributed by atoms with Crippen molar-refractivity contribution in [3.8, 4) is 0 Å². The monoisotopic (exact) mass is 320 g/mol. The van der Waals surface area contributed by atoms with E-state index in [4.69, 9.17) is 18.0 Å². The summed E-state index contributed by atoms with van der Waals surface area (Å²) in [5.74, 6) is -0.235. The Morgan fingerprint density at radius 2 is 1.80 bits per heavy atom. The van der Waals surface area contributed by atoms with E-state index in [-0.39, 0.29) is 17.4 Å². The fourth-order valence-corrected chi connectivity index (χ4v) is 2.97. The molecule has 0 aromatic carbocycles. The van der Waals surface area contributed by atoms with Crippen LogP contribution in [0.25, 0.3) is 0 Å². The molecule has 0 aliphatic heterocycles. The molecule has 1 amide bonds. The maximum absolute atomic E-state index is 12.5. The highest BCUT2D eigenvalue weighted by Crippen LogP contribution is 2.37. The van der Waals surface area contributed by atoms with Crippen LogP contribution >= 0.6 is 12.2 Å². The molecule has 0 unspecified atom stereocenters. The van der Waals surface area contributed by atoms with Crippen molar-refractivity contribution < 1.29 is 13.2 Å². The number of hydrogen-bond acceptors (Lipinski definition) is 4. The van der Waals surface area contributed by atoms with E-state index < -0.39 is 20.0 Å². The summed E-state index contributed by atoms with van der Waals surface area (Å²) in [5, 5.41) is 2.74. The van der Waals surface area contributed by atoms with Crippen LogP contribution in [0, 0.1) is 5.41 Å². The Hall–Kier alpha value is -0.690. The molecule has 0 heterocycles. The first-order chi connectivity index (χ1) is 9.03. The molecule has 116 valence electrons. The predicted octanol–water partition coefficient (Wildman–Crippen LogP) is 1.16. The lowest BCUT2D eigenvalue weighted by Gasteiger charge is -2.35. The molecule has 0 atom stereocenters. The van der Waals surface area contributed by atoms with Gasteiger partial charge < -0.3 is 11.1 Å². The highest BCUT2D eigenvalue weighted by atomic mass is 32.2. The highest BCUT2D eigenvalue weighted by Gasteiger charge is 2.43. The first-order valence-corrected chi connectivity index (χ1v) is 9.11. The van der Waals surface area contributed by atoms with Crippen molar-refractivity contribution in [3.63, 3.8) is 0 Å². The van der Waals surface area contributed by atoms with Crippen molar-refractivity contribution in [1.82, 2.24) is 5.32 Å². The second-order valence-electron chi connectivity index (χ2n) is 6.22. The zero-order valence-electron chi connectivity index (χ0n) is 12.4. The number of amides is 1. The molecule has 0 spiro atoms. The van der Waals surface area contributed by atoms with E-state index in [0.29, 0.717) is 12.8 Å². The van der Waals surface area contributed by atoms with Gasteiger partial charge in [-0.15, -0.1) is 0 Å². The van der Waals surface area contributed by atoms with Crippen LogP contribution in [0.4, 0.5) is 0 Å². The van der Waals surface area contributed by atoms with E-state index in [1.54, 1.807) is 13.8 Å². The van der Waals surface area contributed by atoms with E-state index in [1.807, 2.05) is 0 Å². The maximum atomic E-state index is 12.5. The van der Waals surface area contributed by atoms with Gasteiger partial charge in [-0.2, -0.15) is 0 Å². The molecule has 0 saturated heterocycles. The van der Waals surface area contributed by atoms with Crippen LogP contribution < -0.4 is 11.1 Å². The van der Waals surface area contributed by atoms with Crippen LogP contribution in [0.2, 0.25) is 0 Å². The molecule has 1 rings (SSSR count). The van der Waals surface area contributed by atoms with Crippen molar-refractivity contribution in [2.75, 3.05) is 12.8 Å². The van der Waals surface area contributed by atoms with Crippen LogP contribution in [0.15, 0.2) is 0 Å². The highest BCUT2D eigenvalue weighted by molar-refractivity contribution is 7.92. The Morgan fingerprint density at radius 1 is 1.30 bits per heavy atom. The van der Waals surface area contributed by atoms with Gasteiger partial charge in [-0.1, -0.05) is 31.5 Å². The summed E-state index contributed by atoms with van der Waals surface area (Å²) in [6.45, 7) is 3.25. The van der Waals surface area contributed by atoms with Gasteiger partial charge in [0.2, 0.25) is 5.91 Å². The second kappa shape index (κ2) is 5.97. The van der Waals surface area contributed by atoms with E-state index in [0.717, 1.165) is 19.3 Å². The molecular formula is C13H24N2O3S2. The van der Waals surface area contributed by atoms with Crippen LogP contribution in [-0.2, 0) is 14.6 Å². The summed E-state index contributed by atoms with van der Waals surface area (Å²) in [5.41, 5.74) is 4.98. The van der Waals surface area contributed by atoms with Gasteiger partial charge in [0, 0.05) is 12.8 Å². The standard InChI is InChI=1S/C13H24N2O3S2/c1-12(2,20(3,17)18)9-15-11(16)13(10(14)19)7-5-4-6-8-13/h4-9H2,1-3H3,(H2,14,19)(H,15,16). The minimum absolute atomic E-state index is 0.0645. The molecule has 0 bridgehead atoms. The Labute approximate surface area is 126 Å². The van der Waals surface area contributed by atoms with Gasteiger partial charge >= 0.3 is 0 Å². The molecule has 0 aromatic heterocycles. The van der Waals surface area contributed by atoms with Gasteiger partial charge in [0.15, 0.2) is 9.84 Å². The number of thiocarbonyl (C=S) groups is 1. The first-order valence-electron chi connectivity index (χ1n) is 6.81. The topological polar surface area (TPSA) is 89.3 Å². The smallest absolute Gasteiger partial charge is 0.233 e. The van der Waals surface area contributed by atoms with E-state index in [9.17, 15) is 13.2 Å². The Balaban J connectivity index is 2.81. The lowest BCUT2D eigenvalue weighted by molar-refractivity contribution is -0.128. The molecule has 0 radical (unpaired) electrons. The van der Waals surface area contributed by atoms with Gasteiger partial charge in [0.25, 0.3) is 0 Å². The molecule has 0 aromatic rings. The molecule has 1 saturated carbocycles.